The molecule has 0 fully saturated rings. The van der Waals surface area contributed by atoms with E-state index in [1.807, 2.05) is 12.2 Å². The van der Waals surface area contributed by atoms with Gasteiger partial charge in [0.25, 0.3) is 0 Å². The number of allylic oxidation sites excluding steroid dienone is 2. The van der Waals surface area contributed by atoms with Crippen LogP contribution in [0.25, 0.3) is 0 Å². The molecule has 1 aliphatic rings. The number of carbonyl (C=O) groups is 1. The highest BCUT2D eigenvalue weighted by molar-refractivity contribution is 5.88. The molecule has 0 spiro atoms. The largest absolute Gasteiger partial charge is 0.329 e. The molecular weight excluding hydrogens is 150 g/mol. The van der Waals surface area contributed by atoms with Gasteiger partial charge in [0.2, 0.25) is 5.91 Å². The zero-order valence-electron chi connectivity index (χ0n) is 7.79. The van der Waals surface area contributed by atoms with Crippen molar-refractivity contribution in [2.75, 3.05) is 0 Å². The Morgan fingerprint density at radius 1 is 1.42 bits per heavy atom. The number of hydrogen-bond acceptors (Lipinski definition) is 1. The summed E-state index contributed by atoms with van der Waals surface area (Å²) >= 11 is 0. The van der Waals surface area contributed by atoms with Crippen molar-refractivity contribution in [2.24, 2.45) is 11.3 Å². The second-order valence-electron chi connectivity index (χ2n) is 3.70. The lowest BCUT2D eigenvalue weighted by Gasteiger charge is -2.25. The van der Waals surface area contributed by atoms with Crippen molar-refractivity contribution in [1.82, 2.24) is 5.32 Å². The molecule has 0 radical (unpaired) electrons. The lowest BCUT2D eigenvalue weighted by atomic mass is 9.79. The van der Waals surface area contributed by atoms with Crippen molar-refractivity contribution in [3.8, 4) is 0 Å². The van der Waals surface area contributed by atoms with Crippen molar-refractivity contribution in [3.63, 3.8) is 0 Å². The number of amides is 1. The van der Waals surface area contributed by atoms with Crippen molar-refractivity contribution < 1.29 is 4.79 Å². The van der Waals surface area contributed by atoms with Gasteiger partial charge in [-0.15, -0.1) is 0 Å². The number of carbonyl (C=O) groups excluding carboxylic acids is 1. The summed E-state index contributed by atoms with van der Waals surface area (Å²) in [4.78, 5) is 10.9. The summed E-state index contributed by atoms with van der Waals surface area (Å²) in [5.74, 6) is 0.452. The first-order valence-corrected chi connectivity index (χ1v) is 4.22. The average Bonchev–Trinajstić information content (AvgIpc) is 2.15. The molecule has 1 atom stereocenters. The Bertz CT molecular complexity index is 240. The fourth-order valence-electron chi connectivity index (χ4n) is 1.05. The molecule has 0 saturated heterocycles. The zero-order chi connectivity index (χ0) is 9.19. The highest BCUT2D eigenvalue weighted by Gasteiger charge is 2.23. The average molecular weight is 165 g/mol. The van der Waals surface area contributed by atoms with Gasteiger partial charge in [-0.2, -0.15) is 0 Å². The second-order valence-corrected chi connectivity index (χ2v) is 3.70. The Kier molecular flexibility index (Phi) is 2.36. The van der Waals surface area contributed by atoms with E-state index in [0.29, 0.717) is 5.92 Å². The van der Waals surface area contributed by atoms with Crippen LogP contribution in [-0.2, 0) is 4.79 Å². The topological polar surface area (TPSA) is 29.1 Å². The van der Waals surface area contributed by atoms with Gasteiger partial charge >= 0.3 is 0 Å². The fourth-order valence-corrected chi connectivity index (χ4v) is 1.05. The van der Waals surface area contributed by atoms with E-state index in [2.05, 4.69) is 26.1 Å². The van der Waals surface area contributed by atoms with E-state index >= 15 is 0 Å². The SMILES string of the molecule is CC(C)C1(C)C=CNC(=O)C=C1. The van der Waals surface area contributed by atoms with E-state index in [9.17, 15) is 4.79 Å². The molecule has 1 N–H and O–H groups in total. The molecule has 0 aromatic carbocycles. The molecule has 0 bridgehead atoms. The van der Waals surface area contributed by atoms with E-state index in [1.54, 1.807) is 12.3 Å². The predicted octanol–water partition coefficient (Wildman–Crippen LogP) is 1.85. The highest BCUT2D eigenvalue weighted by atomic mass is 16.1. The molecule has 1 heterocycles. The minimum atomic E-state index is -0.0457. The van der Waals surface area contributed by atoms with Crippen LogP contribution in [0.4, 0.5) is 0 Å². The summed E-state index contributed by atoms with van der Waals surface area (Å²) in [6.07, 6.45) is 7.30. The quantitative estimate of drug-likeness (QED) is 0.631. The summed E-state index contributed by atoms with van der Waals surface area (Å²) in [5.41, 5.74) is -0.000833. The number of rotatable bonds is 1. The first-order valence-electron chi connectivity index (χ1n) is 4.22. The minimum absolute atomic E-state index is 0.000833. The van der Waals surface area contributed by atoms with Crippen LogP contribution in [-0.4, -0.2) is 5.91 Å². The first-order chi connectivity index (χ1) is 5.54. The van der Waals surface area contributed by atoms with Gasteiger partial charge in [0.15, 0.2) is 0 Å². The Labute approximate surface area is 73.4 Å². The molecule has 1 unspecified atom stereocenters. The lowest BCUT2D eigenvalue weighted by Crippen LogP contribution is -2.17. The van der Waals surface area contributed by atoms with Crippen LogP contribution in [0.15, 0.2) is 24.4 Å². The Morgan fingerprint density at radius 2 is 2.08 bits per heavy atom. The van der Waals surface area contributed by atoms with Crippen LogP contribution >= 0.6 is 0 Å². The Morgan fingerprint density at radius 3 is 2.67 bits per heavy atom. The molecule has 12 heavy (non-hydrogen) atoms. The maximum absolute atomic E-state index is 10.9. The molecule has 1 aliphatic heterocycles. The van der Waals surface area contributed by atoms with Gasteiger partial charge in [-0.25, -0.2) is 0 Å². The maximum Gasteiger partial charge on any atom is 0.247 e. The standard InChI is InChI=1S/C10H15NO/c1-8(2)10(3)5-4-9(12)11-7-6-10/h4-8H,1-3H3,(H,11,12). The summed E-state index contributed by atoms with van der Waals surface area (Å²) in [6.45, 7) is 6.40. The fraction of sp³-hybridized carbons (Fsp3) is 0.500. The van der Waals surface area contributed by atoms with Gasteiger partial charge in [0.1, 0.15) is 0 Å². The second kappa shape index (κ2) is 3.13. The number of nitrogens with one attached hydrogen (secondary N) is 1. The van der Waals surface area contributed by atoms with Crippen LogP contribution < -0.4 is 5.32 Å². The van der Waals surface area contributed by atoms with Crippen LogP contribution in [0.3, 0.4) is 0 Å². The smallest absolute Gasteiger partial charge is 0.247 e. The molecule has 1 rings (SSSR count). The van der Waals surface area contributed by atoms with E-state index in [4.69, 9.17) is 0 Å². The highest BCUT2D eigenvalue weighted by Crippen LogP contribution is 2.30. The van der Waals surface area contributed by atoms with Gasteiger partial charge in [-0.05, 0) is 5.92 Å². The minimum Gasteiger partial charge on any atom is -0.329 e. The Hall–Kier alpha value is -1.05. The summed E-state index contributed by atoms with van der Waals surface area (Å²) < 4.78 is 0. The summed E-state index contributed by atoms with van der Waals surface area (Å²) in [7, 11) is 0. The third-order valence-corrected chi connectivity index (χ3v) is 2.51. The van der Waals surface area contributed by atoms with E-state index in [1.165, 1.54) is 0 Å². The molecule has 0 saturated carbocycles. The molecule has 2 heteroatoms. The van der Waals surface area contributed by atoms with Crippen LogP contribution in [0.2, 0.25) is 0 Å². The van der Waals surface area contributed by atoms with Crippen molar-refractivity contribution in [1.29, 1.82) is 0 Å². The summed E-state index contributed by atoms with van der Waals surface area (Å²) in [6, 6.07) is 0. The van der Waals surface area contributed by atoms with E-state index in [-0.39, 0.29) is 11.3 Å². The third-order valence-electron chi connectivity index (χ3n) is 2.51. The van der Waals surface area contributed by atoms with Crippen molar-refractivity contribution in [3.05, 3.63) is 24.4 Å². The van der Waals surface area contributed by atoms with Crippen molar-refractivity contribution in [2.45, 2.75) is 20.8 Å². The maximum atomic E-state index is 10.9. The molecule has 0 aromatic rings. The van der Waals surface area contributed by atoms with Crippen LogP contribution in [0, 0.1) is 11.3 Å². The Balaban J connectivity index is 2.91. The molecule has 0 aliphatic carbocycles. The van der Waals surface area contributed by atoms with Crippen LogP contribution in [0.5, 0.6) is 0 Å². The van der Waals surface area contributed by atoms with Crippen LogP contribution in [0.1, 0.15) is 20.8 Å². The first kappa shape index (κ1) is 9.04. The van der Waals surface area contributed by atoms with Gasteiger partial charge in [0.05, 0.1) is 0 Å². The predicted molar refractivity (Wildman–Crippen MR) is 49.4 cm³/mol. The molecular formula is C10H15NO. The lowest BCUT2D eigenvalue weighted by molar-refractivity contribution is -0.115. The molecule has 2 nitrogen and oxygen atoms in total. The van der Waals surface area contributed by atoms with Crippen molar-refractivity contribution >= 4 is 5.91 Å². The molecule has 1 amide bonds. The normalized spacial score (nSPS) is 28.8. The molecule has 0 aromatic heterocycles. The van der Waals surface area contributed by atoms with E-state index in [0.717, 1.165) is 0 Å². The summed E-state index contributed by atoms with van der Waals surface area (Å²) in [5, 5.41) is 2.65. The van der Waals surface area contributed by atoms with Gasteiger partial charge < -0.3 is 5.32 Å². The van der Waals surface area contributed by atoms with Gasteiger partial charge in [-0.3, -0.25) is 4.79 Å². The zero-order valence-corrected chi connectivity index (χ0v) is 7.79. The third kappa shape index (κ3) is 1.76. The number of hydrogen-bond donors (Lipinski definition) is 1. The molecule has 66 valence electrons. The van der Waals surface area contributed by atoms with E-state index < -0.39 is 0 Å². The monoisotopic (exact) mass is 165 g/mol. The van der Waals surface area contributed by atoms with Gasteiger partial charge in [-0.1, -0.05) is 32.9 Å². The van der Waals surface area contributed by atoms with Gasteiger partial charge in [0, 0.05) is 17.7 Å².